The van der Waals surface area contributed by atoms with Crippen molar-refractivity contribution < 1.29 is 28.7 Å². The summed E-state index contributed by atoms with van der Waals surface area (Å²) in [5.41, 5.74) is 2.03. The molecule has 6 rings (SSSR count). The molecular weight excluding hydrogens is 532 g/mol. The van der Waals surface area contributed by atoms with Crippen molar-refractivity contribution in [1.29, 1.82) is 0 Å². The molecule has 0 unspecified atom stereocenters. The number of hydrogen-bond acceptors (Lipinski definition) is 6. The lowest BCUT2D eigenvalue weighted by atomic mass is 9.73. The van der Waals surface area contributed by atoms with Gasteiger partial charge in [0.25, 0.3) is 5.91 Å². The third kappa shape index (κ3) is 4.52. The maximum atomic E-state index is 13.6. The van der Waals surface area contributed by atoms with Gasteiger partial charge in [-0.2, -0.15) is 0 Å². The Morgan fingerprint density at radius 1 is 0.950 bits per heavy atom. The van der Waals surface area contributed by atoms with E-state index >= 15 is 0 Å². The highest BCUT2D eigenvalue weighted by Gasteiger charge is 2.64. The molecule has 0 spiro atoms. The first-order chi connectivity index (χ1) is 19.4. The number of esters is 1. The minimum Gasteiger partial charge on any atom is -0.495 e. The van der Waals surface area contributed by atoms with E-state index in [0.29, 0.717) is 22.1 Å². The van der Waals surface area contributed by atoms with Gasteiger partial charge in [0.2, 0.25) is 11.8 Å². The zero-order chi connectivity index (χ0) is 28.0. The molecule has 2 saturated carbocycles. The number of benzene rings is 3. The van der Waals surface area contributed by atoms with Crippen LogP contribution in [0.1, 0.15) is 34.7 Å². The molecule has 0 radical (unpaired) electrons. The van der Waals surface area contributed by atoms with Gasteiger partial charge in [-0.05, 0) is 72.6 Å². The zero-order valence-electron chi connectivity index (χ0n) is 21.7. The number of imide groups is 1. The number of nitrogens with zero attached hydrogens (tertiary/aromatic N) is 1. The molecule has 8 nitrogen and oxygen atoms in total. The second kappa shape index (κ2) is 10.4. The summed E-state index contributed by atoms with van der Waals surface area (Å²) in [6.45, 7) is -0.547. The summed E-state index contributed by atoms with van der Waals surface area (Å²) in [6, 6.07) is 21.2. The minimum absolute atomic E-state index is 0.128. The van der Waals surface area contributed by atoms with Crippen molar-refractivity contribution >= 4 is 46.7 Å². The van der Waals surface area contributed by atoms with Crippen molar-refractivity contribution in [2.45, 2.75) is 18.8 Å². The van der Waals surface area contributed by atoms with Crippen molar-refractivity contribution in [3.05, 3.63) is 88.9 Å². The lowest BCUT2D eigenvalue weighted by molar-refractivity contribution is -0.123. The summed E-state index contributed by atoms with van der Waals surface area (Å²) < 4.78 is 10.4. The van der Waals surface area contributed by atoms with Crippen LogP contribution in [0.4, 0.5) is 11.4 Å². The standard InChI is InChI=1S/C31H27ClN2O6/c1-39-25-11-10-20(32)15-24(25)33-26(35)16-40-31(38)18-8-5-9-21(12-18)34-29(36)27-19-13-22(17-6-3-2-4-7-17)23(14-19)28(27)30(34)37/h2-12,15,19,22-23,27-28H,13-14,16H2,1H3,(H,33,35)/t19-,22+,23+,27+,28+/m0/s1. The number of nitrogens with one attached hydrogen (secondary N) is 1. The molecule has 1 heterocycles. The van der Waals surface area contributed by atoms with E-state index in [1.54, 1.807) is 24.3 Å². The van der Waals surface area contributed by atoms with Crippen LogP contribution in [0.2, 0.25) is 5.02 Å². The Bertz CT molecular complexity index is 1510. The molecule has 1 N–H and O–H groups in total. The number of hydrogen-bond donors (Lipinski definition) is 1. The van der Waals surface area contributed by atoms with Gasteiger partial charge in [-0.25, -0.2) is 4.79 Å². The highest BCUT2D eigenvalue weighted by molar-refractivity contribution is 6.31. The van der Waals surface area contributed by atoms with Gasteiger partial charge in [0.15, 0.2) is 6.61 Å². The fourth-order valence-electron chi connectivity index (χ4n) is 6.75. The van der Waals surface area contributed by atoms with E-state index in [1.807, 2.05) is 18.2 Å². The number of rotatable bonds is 7. The number of carbonyl (C=O) groups is 4. The van der Waals surface area contributed by atoms with Crippen LogP contribution >= 0.6 is 11.6 Å². The van der Waals surface area contributed by atoms with Crippen LogP contribution in [0.25, 0.3) is 0 Å². The first-order valence-electron chi connectivity index (χ1n) is 13.2. The number of methoxy groups -OCH3 is 1. The highest BCUT2D eigenvalue weighted by atomic mass is 35.5. The molecule has 5 atom stereocenters. The summed E-state index contributed by atoms with van der Waals surface area (Å²) >= 11 is 6.00. The predicted molar refractivity (Wildman–Crippen MR) is 148 cm³/mol. The number of anilines is 2. The van der Waals surface area contributed by atoms with Crippen molar-refractivity contribution in [1.82, 2.24) is 0 Å². The molecular formula is C31H27ClN2O6. The van der Waals surface area contributed by atoms with Gasteiger partial charge < -0.3 is 14.8 Å². The van der Waals surface area contributed by atoms with Crippen LogP contribution in [-0.2, 0) is 19.1 Å². The number of ether oxygens (including phenoxy) is 2. The molecule has 3 aromatic carbocycles. The molecule has 3 aromatic rings. The maximum Gasteiger partial charge on any atom is 0.338 e. The molecule has 3 amide bonds. The van der Waals surface area contributed by atoms with Crippen LogP contribution < -0.4 is 15.0 Å². The average Bonchev–Trinajstić information content (AvgIpc) is 3.63. The van der Waals surface area contributed by atoms with Gasteiger partial charge in [0, 0.05) is 5.02 Å². The van der Waals surface area contributed by atoms with Crippen molar-refractivity contribution in [3.63, 3.8) is 0 Å². The third-order valence-electron chi connectivity index (χ3n) is 8.35. The van der Waals surface area contributed by atoms with E-state index in [-0.39, 0.29) is 47.0 Å². The number of fused-ring (bicyclic) bond motifs is 5. The van der Waals surface area contributed by atoms with Crippen LogP contribution in [-0.4, -0.2) is 37.4 Å². The van der Waals surface area contributed by atoms with Gasteiger partial charge in [-0.3, -0.25) is 19.3 Å². The fourth-order valence-corrected chi connectivity index (χ4v) is 6.92. The normalized spacial score (nSPS) is 24.6. The Morgan fingerprint density at radius 2 is 1.73 bits per heavy atom. The molecule has 2 bridgehead atoms. The van der Waals surface area contributed by atoms with Gasteiger partial charge in [0.1, 0.15) is 5.75 Å². The van der Waals surface area contributed by atoms with Gasteiger partial charge in [-0.15, -0.1) is 0 Å². The monoisotopic (exact) mass is 558 g/mol. The molecule has 1 aliphatic heterocycles. The number of halogens is 1. The van der Waals surface area contributed by atoms with Crippen molar-refractivity contribution in [2.24, 2.45) is 23.7 Å². The van der Waals surface area contributed by atoms with Crippen LogP contribution in [0.3, 0.4) is 0 Å². The summed E-state index contributed by atoms with van der Waals surface area (Å²) in [6.07, 6.45) is 1.79. The van der Waals surface area contributed by atoms with E-state index in [0.717, 1.165) is 12.8 Å². The van der Waals surface area contributed by atoms with E-state index in [9.17, 15) is 19.2 Å². The lowest BCUT2D eigenvalue weighted by Crippen LogP contribution is -2.33. The third-order valence-corrected chi connectivity index (χ3v) is 8.59. The minimum atomic E-state index is -0.751. The Balaban J connectivity index is 1.14. The summed E-state index contributed by atoms with van der Waals surface area (Å²) in [5, 5.41) is 3.01. The van der Waals surface area contributed by atoms with Crippen molar-refractivity contribution in [3.8, 4) is 5.75 Å². The van der Waals surface area contributed by atoms with Crippen molar-refractivity contribution in [2.75, 3.05) is 23.9 Å². The molecule has 2 aliphatic carbocycles. The zero-order valence-corrected chi connectivity index (χ0v) is 22.5. The van der Waals surface area contributed by atoms with Crippen LogP contribution in [0.15, 0.2) is 72.8 Å². The molecule has 204 valence electrons. The van der Waals surface area contributed by atoms with Gasteiger partial charge >= 0.3 is 5.97 Å². The molecule has 3 fully saturated rings. The lowest BCUT2D eigenvalue weighted by Gasteiger charge is -2.28. The van der Waals surface area contributed by atoms with Gasteiger partial charge in [0.05, 0.1) is 35.9 Å². The van der Waals surface area contributed by atoms with Gasteiger partial charge in [-0.1, -0.05) is 48.0 Å². The first-order valence-corrected chi connectivity index (χ1v) is 13.6. The van der Waals surface area contributed by atoms with E-state index < -0.39 is 18.5 Å². The Kier molecular flexibility index (Phi) is 6.80. The average molecular weight is 559 g/mol. The summed E-state index contributed by atoms with van der Waals surface area (Å²) in [4.78, 5) is 53.5. The largest absolute Gasteiger partial charge is 0.495 e. The molecule has 3 aliphatic rings. The van der Waals surface area contributed by atoms with Crippen LogP contribution in [0, 0.1) is 23.7 Å². The topological polar surface area (TPSA) is 102 Å². The number of amides is 3. The number of carbonyl (C=O) groups excluding carboxylic acids is 4. The SMILES string of the molecule is COc1ccc(Cl)cc1NC(=O)COC(=O)c1cccc(N2C(=O)[C@@H]3[C@@H]4C[C@@H]([C@H]3C2=O)[C@@H](c2ccccc2)C4)c1. The Labute approximate surface area is 236 Å². The first kappa shape index (κ1) is 26.1. The highest BCUT2D eigenvalue weighted by Crippen LogP contribution is 2.61. The molecule has 40 heavy (non-hydrogen) atoms. The maximum absolute atomic E-state index is 13.6. The quantitative estimate of drug-likeness (QED) is 0.321. The summed E-state index contributed by atoms with van der Waals surface area (Å²) in [5.74, 6) is -1.43. The van der Waals surface area contributed by atoms with E-state index in [4.69, 9.17) is 21.1 Å². The fraction of sp³-hybridized carbons (Fsp3) is 0.290. The molecule has 9 heteroatoms. The van der Waals surface area contributed by atoms with Crippen LogP contribution in [0.5, 0.6) is 5.75 Å². The Morgan fingerprint density at radius 3 is 2.50 bits per heavy atom. The smallest absolute Gasteiger partial charge is 0.338 e. The Hall–Kier alpha value is -4.17. The summed E-state index contributed by atoms with van der Waals surface area (Å²) in [7, 11) is 1.46. The van der Waals surface area contributed by atoms with E-state index in [2.05, 4.69) is 17.4 Å². The predicted octanol–water partition coefficient (Wildman–Crippen LogP) is 5.07. The molecule has 1 saturated heterocycles. The second-order valence-corrected chi connectivity index (χ2v) is 10.9. The second-order valence-electron chi connectivity index (χ2n) is 10.5. The van der Waals surface area contributed by atoms with E-state index in [1.165, 1.54) is 35.8 Å². The molecule has 0 aromatic heterocycles.